The average Bonchev–Trinajstić information content (AvgIpc) is 3.46. The number of carbonyl (C=O) groups is 2. The van der Waals surface area contributed by atoms with Crippen molar-refractivity contribution in [1.29, 1.82) is 0 Å². The van der Waals surface area contributed by atoms with Gasteiger partial charge in [0.25, 0.3) is 5.91 Å². The van der Waals surface area contributed by atoms with E-state index in [1.807, 2.05) is 57.2 Å². The molecule has 0 radical (unpaired) electrons. The second kappa shape index (κ2) is 10.2. The molecule has 0 fully saturated rings. The van der Waals surface area contributed by atoms with Gasteiger partial charge >= 0.3 is 6.09 Å². The Morgan fingerprint density at radius 3 is 2.66 bits per heavy atom. The number of nitrogens with zero attached hydrogens (tertiary/aromatic N) is 4. The van der Waals surface area contributed by atoms with E-state index in [4.69, 9.17) is 0 Å². The van der Waals surface area contributed by atoms with Crippen LogP contribution in [0.3, 0.4) is 0 Å². The van der Waals surface area contributed by atoms with E-state index in [-0.39, 0.29) is 30.3 Å². The number of carbonyl (C=O) groups excluding carboxylic acids is 1. The number of imidazole rings is 1. The Labute approximate surface area is 207 Å². The lowest BCUT2D eigenvalue weighted by atomic mass is 9.80. The molecule has 1 aromatic carbocycles. The largest absolute Gasteiger partial charge is 0.465 e. The van der Waals surface area contributed by atoms with E-state index < -0.39 is 6.09 Å². The number of thiazole rings is 1. The van der Waals surface area contributed by atoms with Gasteiger partial charge in [0.2, 0.25) is 0 Å². The van der Waals surface area contributed by atoms with E-state index in [0.717, 1.165) is 21.6 Å². The number of amides is 2. The molecule has 182 valence electrons. The van der Waals surface area contributed by atoms with E-state index in [1.54, 1.807) is 17.8 Å². The van der Waals surface area contributed by atoms with Gasteiger partial charge in [-0.1, -0.05) is 39.0 Å². The zero-order valence-corrected chi connectivity index (χ0v) is 20.7. The second-order valence-corrected chi connectivity index (χ2v) is 10.3. The minimum atomic E-state index is -1.04. The maximum atomic E-state index is 12.7. The number of hydrogen-bond donors (Lipinski definition) is 3. The number of aromatic amines is 1. The molecule has 0 aliphatic carbocycles. The van der Waals surface area contributed by atoms with E-state index in [2.05, 4.69) is 25.3 Å². The minimum absolute atomic E-state index is 0.125. The quantitative estimate of drug-likeness (QED) is 0.329. The molecule has 3 aromatic heterocycles. The third-order valence-electron chi connectivity index (χ3n) is 5.73. The van der Waals surface area contributed by atoms with Crippen LogP contribution in [0.25, 0.3) is 11.0 Å². The van der Waals surface area contributed by atoms with Gasteiger partial charge in [0, 0.05) is 36.8 Å². The number of aromatic nitrogens is 4. The Hall–Kier alpha value is -3.79. The topological polar surface area (TPSA) is 124 Å². The number of carboxylic acid groups (broad SMARTS) is 1. The van der Waals surface area contributed by atoms with Crippen molar-refractivity contribution >= 4 is 34.4 Å². The van der Waals surface area contributed by atoms with Crippen molar-refractivity contribution in [3.05, 3.63) is 76.3 Å². The molecule has 0 spiro atoms. The van der Waals surface area contributed by atoms with Crippen LogP contribution >= 0.6 is 11.3 Å². The molecule has 1 atom stereocenters. The van der Waals surface area contributed by atoms with Gasteiger partial charge in [-0.25, -0.2) is 14.8 Å². The smallest absolute Gasteiger partial charge is 0.407 e. The van der Waals surface area contributed by atoms with Crippen LogP contribution in [0, 0.1) is 5.41 Å². The molecule has 3 heterocycles. The number of fused-ring (bicyclic) bond motifs is 1. The fraction of sp³-hybridized carbons (Fsp3) is 0.320. The lowest BCUT2D eigenvalue weighted by Gasteiger charge is -2.32. The summed E-state index contributed by atoms with van der Waals surface area (Å²) < 4.78 is 0. The summed E-state index contributed by atoms with van der Waals surface area (Å²) in [6, 6.07) is 11.3. The van der Waals surface area contributed by atoms with Crippen molar-refractivity contribution in [2.45, 2.75) is 39.8 Å². The van der Waals surface area contributed by atoms with E-state index >= 15 is 0 Å². The predicted octanol–water partition coefficient (Wildman–Crippen LogP) is 4.65. The minimum Gasteiger partial charge on any atom is -0.465 e. The number of nitrogens with one attached hydrogen (secondary N) is 2. The van der Waals surface area contributed by atoms with Gasteiger partial charge in [-0.3, -0.25) is 9.78 Å². The highest BCUT2D eigenvalue weighted by Gasteiger charge is 2.33. The van der Waals surface area contributed by atoms with Gasteiger partial charge in [-0.05, 0) is 29.2 Å². The van der Waals surface area contributed by atoms with Crippen LogP contribution in [-0.4, -0.2) is 48.5 Å². The Morgan fingerprint density at radius 1 is 1.17 bits per heavy atom. The Balaban J connectivity index is 1.49. The molecule has 9 nitrogen and oxygen atoms in total. The summed E-state index contributed by atoms with van der Waals surface area (Å²) in [5.41, 5.74) is 2.58. The SMILES string of the molecule is CC(C)(C)C(CN(Cc1nc2ccccc2[nH]1)C(=O)O)c1nc(C(=O)NCc2cccnc2)cs1. The lowest BCUT2D eigenvalue weighted by molar-refractivity contribution is 0.0945. The number of pyridine rings is 1. The fourth-order valence-electron chi connectivity index (χ4n) is 3.74. The third kappa shape index (κ3) is 6.02. The van der Waals surface area contributed by atoms with Gasteiger partial charge in [-0.2, -0.15) is 0 Å². The van der Waals surface area contributed by atoms with E-state index in [1.165, 1.54) is 16.2 Å². The second-order valence-electron chi connectivity index (χ2n) is 9.40. The predicted molar refractivity (Wildman–Crippen MR) is 134 cm³/mol. The molecule has 0 saturated carbocycles. The van der Waals surface area contributed by atoms with Crippen LogP contribution in [0.1, 0.15) is 53.6 Å². The van der Waals surface area contributed by atoms with Crippen molar-refractivity contribution in [1.82, 2.24) is 30.2 Å². The molecule has 0 aliphatic rings. The zero-order valence-electron chi connectivity index (χ0n) is 19.9. The molecular weight excluding hydrogens is 464 g/mol. The van der Waals surface area contributed by atoms with Crippen molar-refractivity contribution in [2.24, 2.45) is 5.41 Å². The molecule has 1 unspecified atom stereocenters. The summed E-state index contributed by atoms with van der Waals surface area (Å²) in [6.07, 6.45) is 2.34. The zero-order chi connectivity index (χ0) is 25.0. The monoisotopic (exact) mass is 492 g/mol. The van der Waals surface area contributed by atoms with Gasteiger partial charge in [-0.15, -0.1) is 11.3 Å². The van der Waals surface area contributed by atoms with Crippen molar-refractivity contribution in [2.75, 3.05) is 6.54 Å². The third-order valence-corrected chi connectivity index (χ3v) is 6.68. The first-order chi connectivity index (χ1) is 16.7. The summed E-state index contributed by atoms with van der Waals surface area (Å²) in [5.74, 6) is 0.0881. The van der Waals surface area contributed by atoms with Crippen LogP contribution in [0.5, 0.6) is 0 Å². The van der Waals surface area contributed by atoms with Crippen LogP contribution in [0.15, 0.2) is 54.2 Å². The van der Waals surface area contributed by atoms with Gasteiger partial charge in [0.15, 0.2) is 0 Å². The highest BCUT2D eigenvalue weighted by atomic mass is 32.1. The Bertz CT molecular complexity index is 1280. The maximum absolute atomic E-state index is 12.7. The molecule has 4 rings (SSSR count). The van der Waals surface area contributed by atoms with Crippen molar-refractivity contribution in [3.63, 3.8) is 0 Å². The van der Waals surface area contributed by atoms with Gasteiger partial charge < -0.3 is 20.3 Å². The Kier molecular flexibility index (Phi) is 7.11. The molecule has 0 saturated heterocycles. The van der Waals surface area contributed by atoms with Crippen LogP contribution in [0.4, 0.5) is 4.79 Å². The number of rotatable bonds is 8. The van der Waals surface area contributed by atoms with E-state index in [9.17, 15) is 14.7 Å². The summed E-state index contributed by atoms with van der Waals surface area (Å²) in [7, 11) is 0. The number of hydrogen-bond acceptors (Lipinski definition) is 6. The number of H-pyrrole nitrogens is 1. The van der Waals surface area contributed by atoms with Crippen LogP contribution < -0.4 is 5.32 Å². The van der Waals surface area contributed by atoms with Gasteiger partial charge in [0.05, 0.1) is 22.6 Å². The fourth-order valence-corrected chi connectivity index (χ4v) is 4.88. The van der Waals surface area contributed by atoms with Crippen molar-refractivity contribution in [3.8, 4) is 0 Å². The van der Waals surface area contributed by atoms with Crippen LogP contribution in [0.2, 0.25) is 0 Å². The van der Waals surface area contributed by atoms with Crippen molar-refractivity contribution < 1.29 is 14.7 Å². The molecule has 0 bridgehead atoms. The highest BCUT2D eigenvalue weighted by molar-refractivity contribution is 7.10. The molecule has 3 N–H and O–H groups in total. The summed E-state index contributed by atoms with van der Waals surface area (Å²) >= 11 is 1.37. The standard InChI is InChI=1S/C25H28N6O3S/c1-25(2,3)17(13-31(24(33)34)14-21-28-18-8-4-5-9-19(18)29-21)23-30-20(15-35-23)22(32)27-12-16-7-6-10-26-11-16/h4-11,15,17H,12-14H2,1-3H3,(H,27,32)(H,28,29)(H,33,34). The first-order valence-corrected chi connectivity index (χ1v) is 12.1. The van der Waals surface area contributed by atoms with Gasteiger partial charge in [0.1, 0.15) is 11.5 Å². The lowest BCUT2D eigenvalue weighted by Crippen LogP contribution is -2.37. The summed E-state index contributed by atoms with van der Waals surface area (Å²) in [6.45, 7) is 6.83. The first-order valence-electron chi connectivity index (χ1n) is 11.2. The average molecular weight is 493 g/mol. The number of benzene rings is 1. The Morgan fingerprint density at radius 2 is 1.97 bits per heavy atom. The first kappa shape index (κ1) is 24.3. The normalized spacial score (nSPS) is 12.4. The molecule has 2 amide bonds. The summed E-state index contributed by atoms with van der Waals surface area (Å²) in [4.78, 5) is 42.5. The molecule has 4 aromatic rings. The molecular formula is C25H28N6O3S. The highest BCUT2D eigenvalue weighted by Crippen LogP contribution is 2.37. The molecule has 0 aliphatic heterocycles. The van der Waals surface area contributed by atoms with E-state index in [0.29, 0.717) is 18.1 Å². The molecule has 10 heteroatoms. The molecule has 35 heavy (non-hydrogen) atoms. The summed E-state index contributed by atoms with van der Waals surface area (Å²) in [5, 5.41) is 15.2. The number of para-hydroxylation sites is 2. The maximum Gasteiger partial charge on any atom is 0.407 e. The van der Waals surface area contributed by atoms with Crippen LogP contribution in [-0.2, 0) is 13.1 Å².